The molecule has 1 aromatic carbocycles. The maximum Gasteiger partial charge on any atom is 0.166 e. The van der Waals surface area contributed by atoms with E-state index in [0.717, 1.165) is 17.8 Å². The van der Waals surface area contributed by atoms with Gasteiger partial charge >= 0.3 is 0 Å². The molecule has 0 radical (unpaired) electrons. The Kier molecular flexibility index (Phi) is 6.83. The third kappa shape index (κ3) is 4.83. The molecule has 0 spiro atoms. The lowest BCUT2D eigenvalue weighted by Gasteiger charge is -2.21. The molecule has 0 bridgehead atoms. The van der Waals surface area contributed by atoms with Gasteiger partial charge in [0, 0.05) is 26.1 Å². The number of ether oxygens (including phenoxy) is 1. The molecule has 132 valence electrons. The summed E-state index contributed by atoms with van der Waals surface area (Å²) < 4.78 is 5.48. The number of carbonyl (C=O) groups is 1. The van der Waals surface area contributed by atoms with Crippen LogP contribution in [0.5, 0.6) is 5.75 Å². The van der Waals surface area contributed by atoms with Gasteiger partial charge in [-0.3, -0.25) is 4.79 Å². The van der Waals surface area contributed by atoms with Gasteiger partial charge in [-0.2, -0.15) is 0 Å². The van der Waals surface area contributed by atoms with Gasteiger partial charge < -0.3 is 9.64 Å². The second-order valence-corrected chi connectivity index (χ2v) is 6.79. The fraction of sp³-hybridized carbons (Fsp3) is 0.600. The highest BCUT2D eigenvalue weighted by Crippen LogP contribution is 2.33. The maximum atomic E-state index is 12.7. The third-order valence-corrected chi connectivity index (χ3v) is 4.91. The van der Waals surface area contributed by atoms with E-state index in [1.165, 1.54) is 32.1 Å². The molecule has 24 heavy (non-hydrogen) atoms. The first-order valence-electron chi connectivity index (χ1n) is 9.01. The number of hydrogen-bond acceptors (Lipinski definition) is 3. The average molecular weight is 330 g/mol. The van der Waals surface area contributed by atoms with E-state index in [9.17, 15) is 4.79 Å². The van der Waals surface area contributed by atoms with Crippen molar-refractivity contribution in [3.63, 3.8) is 0 Å². The molecule has 1 saturated carbocycles. The Labute approximate surface area is 145 Å². The predicted molar refractivity (Wildman–Crippen MR) is 99.7 cm³/mol. The molecule has 0 amide bonds. The van der Waals surface area contributed by atoms with Crippen LogP contribution in [0.2, 0.25) is 0 Å². The minimum Gasteiger partial charge on any atom is -0.496 e. The zero-order valence-electron chi connectivity index (χ0n) is 15.5. The Morgan fingerprint density at radius 2 is 2.04 bits per heavy atom. The van der Waals surface area contributed by atoms with Crippen LogP contribution in [0.25, 0.3) is 0 Å². The Bertz CT molecular complexity index is 590. The molecule has 4 heteroatoms. The number of methoxy groups -OCH3 is 1. The standard InChI is InChI=1S/C20H30N2O2/c1-5-22(3)14-21-18-13-20(24-4)17(11-15(18)2)19(23)12-16-9-7-6-8-10-16/h11,13-14,16H,5-10,12H2,1-4H3. The third-order valence-electron chi connectivity index (χ3n) is 4.91. The van der Waals surface area contributed by atoms with Crippen LogP contribution in [0.15, 0.2) is 17.1 Å². The molecule has 0 saturated heterocycles. The van der Waals surface area contributed by atoms with Gasteiger partial charge in [-0.1, -0.05) is 32.1 Å². The van der Waals surface area contributed by atoms with E-state index in [1.807, 2.05) is 37.3 Å². The van der Waals surface area contributed by atoms with Gasteiger partial charge in [0.1, 0.15) is 5.75 Å². The lowest BCUT2D eigenvalue weighted by atomic mass is 9.84. The SMILES string of the molecule is CCN(C)C=Nc1cc(OC)c(C(=O)CC2CCCCC2)cc1C. The zero-order valence-corrected chi connectivity index (χ0v) is 15.5. The highest BCUT2D eigenvalue weighted by atomic mass is 16.5. The lowest BCUT2D eigenvalue weighted by molar-refractivity contribution is 0.0947. The van der Waals surface area contributed by atoms with Gasteiger partial charge in [-0.15, -0.1) is 0 Å². The van der Waals surface area contributed by atoms with Crippen molar-refractivity contribution in [1.29, 1.82) is 0 Å². The van der Waals surface area contributed by atoms with Crippen molar-refractivity contribution >= 4 is 17.8 Å². The molecule has 1 aromatic rings. The zero-order chi connectivity index (χ0) is 17.5. The molecule has 0 N–H and O–H groups in total. The molecule has 4 nitrogen and oxygen atoms in total. The van der Waals surface area contributed by atoms with E-state index in [0.29, 0.717) is 23.7 Å². The van der Waals surface area contributed by atoms with Gasteiger partial charge in [0.2, 0.25) is 0 Å². The van der Waals surface area contributed by atoms with Crippen molar-refractivity contribution in [1.82, 2.24) is 4.90 Å². The van der Waals surface area contributed by atoms with Crippen LogP contribution < -0.4 is 4.74 Å². The van der Waals surface area contributed by atoms with Gasteiger partial charge in [-0.25, -0.2) is 4.99 Å². The summed E-state index contributed by atoms with van der Waals surface area (Å²) in [5, 5.41) is 0. The molecule has 0 aromatic heterocycles. The summed E-state index contributed by atoms with van der Waals surface area (Å²) in [7, 11) is 3.60. The maximum absolute atomic E-state index is 12.7. The summed E-state index contributed by atoms with van der Waals surface area (Å²) >= 11 is 0. The number of aliphatic imine (C=N–C) groups is 1. The quantitative estimate of drug-likeness (QED) is 0.411. The molecule has 0 aliphatic heterocycles. The number of aryl methyl sites for hydroxylation is 1. The van der Waals surface area contributed by atoms with Crippen molar-refractivity contribution in [3.05, 3.63) is 23.3 Å². The molecule has 0 unspecified atom stereocenters. The fourth-order valence-corrected chi connectivity index (χ4v) is 3.21. The number of Topliss-reactive ketones (excluding diaryl/α,β-unsaturated/α-hetero) is 1. The van der Waals surface area contributed by atoms with Crippen LogP contribution in [-0.2, 0) is 0 Å². The second-order valence-electron chi connectivity index (χ2n) is 6.79. The summed E-state index contributed by atoms with van der Waals surface area (Å²) in [6.07, 6.45) is 8.63. The van der Waals surface area contributed by atoms with E-state index < -0.39 is 0 Å². The van der Waals surface area contributed by atoms with Crippen LogP contribution in [0.3, 0.4) is 0 Å². The van der Waals surface area contributed by atoms with E-state index in [4.69, 9.17) is 4.74 Å². The average Bonchev–Trinajstić information content (AvgIpc) is 2.60. The molecule has 0 heterocycles. The van der Waals surface area contributed by atoms with Crippen molar-refractivity contribution in [3.8, 4) is 5.75 Å². The minimum absolute atomic E-state index is 0.197. The first-order chi connectivity index (χ1) is 11.5. The second kappa shape index (κ2) is 8.86. The van der Waals surface area contributed by atoms with Crippen molar-refractivity contribution < 1.29 is 9.53 Å². The Hall–Kier alpha value is -1.84. The summed E-state index contributed by atoms with van der Waals surface area (Å²) in [4.78, 5) is 19.3. The number of carbonyl (C=O) groups excluding carboxylic acids is 1. The summed E-state index contributed by atoms with van der Waals surface area (Å²) in [5.74, 6) is 1.36. The number of hydrogen-bond donors (Lipinski definition) is 0. The topological polar surface area (TPSA) is 41.9 Å². The Morgan fingerprint density at radius 1 is 1.33 bits per heavy atom. The highest BCUT2D eigenvalue weighted by Gasteiger charge is 2.21. The minimum atomic E-state index is 0.197. The molecular weight excluding hydrogens is 300 g/mol. The van der Waals surface area contributed by atoms with Crippen molar-refractivity contribution in [2.75, 3.05) is 20.7 Å². The summed E-state index contributed by atoms with van der Waals surface area (Å²) in [6.45, 7) is 4.97. The van der Waals surface area contributed by atoms with Crippen molar-refractivity contribution in [2.45, 2.75) is 52.4 Å². The summed E-state index contributed by atoms with van der Waals surface area (Å²) in [5.41, 5.74) is 2.55. The molecule has 2 rings (SSSR count). The summed E-state index contributed by atoms with van der Waals surface area (Å²) in [6, 6.07) is 3.81. The molecule has 1 aliphatic carbocycles. The lowest BCUT2D eigenvalue weighted by Crippen LogP contribution is -2.14. The van der Waals surface area contributed by atoms with Gasteiger partial charge in [0.25, 0.3) is 0 Å². The van der Waals surface area contributed by atoms with Gasteiger partial charge in [0.15, 0.2) is 5.78 Å². The van der Waals surface area contributed by atoms with E-state index in [1.54, 1.807) is 7.11 Å². The first-order valence-corrected chi connectivity index (χ1v) is 9.01. The van der Waals surface area contributed by atoms with Crippen LogP contribution in [0.4, 0.5) is 5.69 Å². The molecular formula is C20H30N2O2. The molecule has 0 atom stereocenters. The van der Waals surface area contributed by atoms with Crippen LogP contribution in [-0.4, -0.2) is 37.7 Å². The smallest absolute Gasteiger partial charge is 0.166 e. The Morgan fingerprint density at radius 3 is 2.67 bits per heavy atom. The van der Waals surface area contributed by atoms with E-state index in [-0.39, 0.29) is 5.78 Å². The number of rotatable bonds is 7. The largest absolute Gasteiger partial charge is 0.496 e. The predicted octanol–water partition coefficient (Wildman–Crippen LogP) is 4.77. The normalized spacial score (nSPS) is 15.7. The first kappa shape index (κ1) is 18.5. The number of nitrogens with zero attached hydrogens (tertiary/aromatic N) is 2. The fourth-order valence-electron chi connectivity index (χ4n) is 3.21. The number of ketones is 1. The monoisotopic (exact) mass is 330 g/mol. The Balaban J connectivity index is 2.18. The highest BCUT2D eigenvalue weighted by molar-refractivity contribution is 5.99. The van der Waals surface area contributed by atoms with Crippen LogP contribution in [0, 0.1) is 12.8 Å². The number of benzene rings is 1. The van der Waals surface area contributed by atoms with Crippen LogP contribution in [0.1, 0.15) is 61.4 Å². The van der Waals surface area contributed by atoms with E-state index in [2.05, 4.69) is 11.9 Å². The van der Waals surface area contributed by atoms with Crippen LogP contribution >= 0.6 is 0 Å². The van der Waals surface area contributed by atoms with Crippen molar-refractivity contribution in [2.24, 2.45) is 10.9 Å². The molecule has 1 aliphatic rings. The van der Waals surface area contributed by atoms with Gasteiger partial charge in [0.05, 0.1) is 24.7 Å². The van der Waals surface area contributed by atoms with E-state index >= 15 is 0 Å². The molecule has 1 fully saturated rings. The van der Waals surface area contributed by atoms with Gasteiger partial charge in [-0.05, 0) is 31.4 Å².